The van der Waals surface area contributed by atoms with Crippen LogP contribution in [0.4, 0.5) is 13.2 Å². The number of hydrogen-bond acceptors (Lipinski definition) is 3. The summed E-state index contributed by atoms with van der Waals surface area (Å²) in [5.41, 5.74) is 4.41. The number of rotatable bonds is 6. The van der Waals surface area contributed by atoms with E-state index in [0.717, 1.165) is 31.2 Å². The first-order valence-electron chi connectivity index (χ1n) is 11.5. The summed E-state index contributed by atoms with van der Waals surface area (Å²) < 4.78 is 36.2. The third-order valence-electron chi connectivity index (χ3n) is 6.48. The van der Waals surface area contributed by atoms with Gasteiger partial charge in [0.2, 0.25) is 0 Å². The lowest BCUT2D eigenvalue weighted by molar-refractivity contribution is -0.192. The molecule has 0 unspecified atom stereocenters. The first-order chi connectivity index (χ1) is 16.2. The molecule has 2 aromatic heterocycles. The highest BCUT2D eigenvalue weighted by Gasteiger charge is 2.38. The van der Waals surface area contributed by atoms with E-state index in [2.05, 4.69) is 49.7 Å². The monoisotopic (exact) mass is 478 g/mol. The van der Waals surface area contributed by atoms with Crippen molar-refractivity contribution in [3.8, 4) is 0 Å². The van der Waals surface area contributed by atoms with Crippen LogP contribution in [-0.4, -0.2) is 63.4 Å². The van der Waals surface area contributed by atoms with Gasteiger partial charge in [-0.15, -0.1) is 0 Å². The van der Waals surface area contributed by atoms with Crippen molar-refractivity contribution in [2.45, 2.75) is 38.4 Å². The molecule has 34 heavy (non-hydrogen) atoms. The predicted octanol–water partition coefficient (Wildman–Crippen LogP) is 4.00. The van der Waals surface area contributed by atoms with E-state index in [1.54, 1.807) is 0 Å². The zero-order valence-electron chi connectivity index (χ0n) is 19.1. The van der Waals surface area contributed by atoms with Gasteiger partial charge in [0.15, 0.2) is 0 Å². The molecule has 1 saturated heterocycles. The lowest BCUT2D eigenvalue weighted by atomic mass is 10.2. The van der Waals surface area contributed by atoms with Crippen LogP contribution in [0.15, 0.2) is 30.3 Å². The van der Waals surface area contributed by atoms with Crippen LogP contribution in [0.3, 0.4) is 0 Å². The quantitative estimate of drug-likeness (QED) is 0.561. The van der Waals surface area contributed by atoms with Crippen LogP contribution in [-0.2, 0) is 18.4 Å². The Hall–Kier alpha value is -3.01. The van der Waals surface area contributed by atoms with E-state index >= 15 is 0 Å². The van der Waals surface area contributed by atoms with E-state index in [1.807, 2.05) is 7.05 Å². The molecule has 0 atom stereocenters. The number of benzene rings is 1. The Balaban J connectivity index is 0.000000344. The van der Waals surface area contributed by atoms with Gasteiger partial charge in [0, 0.05) is 32.1 Å². The topological polar surface area (TPSA) is 79.5 Å². The number of halogens is 3. The number of alkyl halides is 3. The molecule has 1 saturated carbocycles. The number of carbonyl (C=O) groups is 2. The minimum Gasteiger partial charge on any atom is -0.475 e. The molecule has 0 spiro atoms. The molecule has 3 aromatic rings. The molecule has 5 rings (SSSR count). The largest absolute Gasteiger partial charge is 0.490 e. The van der Waals surface area contributed by atoms with E-state index in [0.29, 0.717) is 0 Å². The Bertz CT molecular complexity index is 1190. The number of aromatic nitrogens is 2. The highest BCUT2D eigenvalue weighted by molar-refractivity contribution is 6.10. The van der Waals surface area contributed by atoms with Gasteiger partial charge in [-0.05, 0) is 56.8 Å². The minimum absolute atomic E-state index is 0.0370. The van der Waals surface area contributed by atoms with Gasteiger partial charge < -0.3 is 24.5 Å². The summed E-state index contributed by atoms with van der Waals surface area (Å²) in [6.07, 6.45) is 0.138. The maximum Gasteiger partial charge on any atom is 0.490 e. The van der Waals surface area contributed by atoms with Gasteiger partial charge in [0.05, 0.1) is 16.6 Å². The molecule has 7 nitrogen and oxygen atoms in total. The second kappa shape index (κ2) is 9.69. The van der Waals surface area contributed by atoms with Gasteiger partial charge in [-0.1, -0.05) is 18.2 Å². The van der Waals surface area contributed by atoms with Crippen LogP contribution >= 0.6 is 0 Å². The summed E-state index contributed by atoms with van der Waals surface area (Å²) in [7, 11) is 2.02. The Morgan fingerprint density at radius 1 is 1.12 bits per heavy atom. The fourth-order valence-electron chi connectivity index (χ4n) is 4.55. The number of aliphatic carboxylic acids is 1. The summed E-state index contributed by atoms with van der Waals surface area (Å²) in [6, 6.07) is 10.7. The summed E-state index contributed by atoms with van der Waals surface area (Å²) in [5, 5.41) is 11.5. The highest BCUT2D eigenvalue weighted by atomic mass is 19.4. The molecule has 1 aliphatic carbocycles. The number of carbonyl (C=O) groups excluding carboxylic acids is 1. The normalized spacial score (nSPS) is 16.6. The number of nitrogens with zero attached hydrogens (tertiary/aromatic N) is 3. The van der Waals surface area contributed by atoms with Crippen molar-refractivity contribution >= 4 is 33.8 Å². The molecule has 2 aliphatic rings. The van der Waals surface area contributed by atoms with E-state index in [-0.39, 0.29) is 5.91 Å². The fourth-order valence-corrected chi connectivity index (χ4v) is 4.55. The van der Waals surface area contributed by atoms with Crippen molar-refractivity contribution in [1.82, 2.24) is 19.4 Å². The van der Waals surface area contributed by atoms with Crippen LogP contribution in [0.2, 0.25) is 0 Å². The molecule has 0 radical (unpaired) electrons. The van der Waals surface area contributed by atoms with Crippen LogP contribution in [0.25, 0.3) is 21.9 Å². The van der Waals surface area contributed by atoms with Crippen molar-refractivity contribution in [1.29, 1.82) is 0 Å². The molecule has 1 aromatic carbocycles. The molecule has 2 fully saturated rings. The van der Waals surface area contributed by atoms with Gasteiger partial charge in [-0.3, -0.25) is 4.79 Å². The minimum atomic E-state index is -5.08. The number of amides is 1. The Morgan fingerprint density at radius 2 is 1.76 bits per heavy atom. The van der Waals surface area contributed by atoms with Crippen molar-refractivity contribution in [2.24, 2.45) is 13.0 Å². The Morgan fingerprint density at radius 3 is 2.38 bits per heavy atom. The first-order valence-corrected chi connectivity index (χ1v) is 11.5. The van der Waals surface area contributed by atoms with Crippen LogP contribution in [0, 0.1) is 5.92 Å². The smallest absolute Gasteiger partial charge is 0.475 e. The second-order valence-corrected chi connectivity index (χ2v) is 9.00. The number of hydrogen-bond donors (Lipinski definition) is 2. The van der Waals surface area contributed by atoms with Gasteiger partial charge in [0.1, 0.15) is 5.69 Å². The number of para-hydroxylation sites is 1. The van der Waals surface area contributed by atoms with Crippen molar-refractivity contribution in [3.05, 3.63) is 36.0 Å². The van der Waals surface area contributed by atoms with E-state index in [1.165, 1.54) is 60.7 Å². The van der Waals surface area contributed by atoms with E-state index in [9.17, 15) is 18.0 Å². The summed E-state index contributed by atoms with van der Waals surface area (Å²) in [5.74, 6) is -1.93. The fraction of sp³-hybridized carbons (Fsp3) is 0.500. The van der Waals surface area contributed by atoms with Crippen molar-refractivity contribution < 1.29 is 27.9 Å². The summed E-state index contributed by atoms with van der Waals surface area (Å²) in [6.45, 7) is 5.07. The molecule has 0 bridgehead atoms. The average Bonchev–Trinajstić information content (AvgIpc) is 3.20. The van der Waals surface area contributed by atoms with Crippen LogP contribution in [0.5, 0.6) is 0 Å². The molecule has 10 heteroatoms. The van der Waals surface area contributed by atoms with E-state index in [4.69, 9.17) is 9.90 Å². The number of carboxylic acid groups (broad SMARTS) is 1. The maximum atomic E-state index is 12.8. The summed E-state index contributed by atoms with van der Waals surface area (Å²) >= 11 is 0. The van der Waals surface area contributed by atoms with Gasteiger partial charge in [-0.2, -0.15) is 13.2 Å². The number of likely N-dealkylation sites (tertiary alicyclic amines) is 1. The lowest BCUT2D eigenvalue weighted by Gasteiger charge is -2.14. The van der Waals surface area contributed by atoms with Crippen molar-refractivity contribution in [3.63, 3.8) is 0 Å². The van der Waals surface area contributed by atoms with Gasteiger partial charge >= 0.3 is 12.1 Å². The zero-order chi connectivity index (χ0) is 24.5. The highest BCUT2D eigenvalue weighted by Crippen LogP contribution is 2.36. The SMILES string of the molecule is Cn1c(C(=O)NCCN2CCCC2)cc2c1c1ccccc1n2CC1CC1.O=C(O)C(F)(F)F. The molecule has 184 valence electrons. The average molecular weight is 479 g/mol. The molecule has 2 N–H and O–H groups in total. The maximum absolute atomic E-state index is 12.8. The van der Waals surface area contributed by atoms with E-state index < -0.39 is 12.1 Å². The number of aryl methyl sites for hydroxylation is 1. The van der Waals surface area contributed by atoms with Crippen molar-refractivity contribution in [2.75, 3.05) is 26.2 Å². The molecule has 1 amide bonds. The molecular weight excluding hydrogens is 449 g/mol. The second-order valence-electron chi connectivity index (χ2n) is 9.00. The standard InChI is InChI=1S/C22H28N4O.C2HF3O2/c1-24-20(22(27)23-10-13-25-11-4-5-12-25)14-19-21(24)17-6-2-3-7-18(17)26(19)15-16-8-9-16;3-2(4,5)1(6)7/h2-3,6-7,14,16H,4-5,8-13,15H2,1H3,(H,23,27);(H,6,7). The summed E-state index contributed by atoms with van der Waals surface area (Å²) in [4.78, 5) is 24.2. The predicted molar refractivity (Wildman–Crippen MR) is 123 cm³/mol. The number of fused-ring (bicyclic) bond motifs is 3. The third kappa shape index (κ3) is 5.22. The Labute approximate surface area is 195 Å². The third-order valence-corrected chi connectivity index (χ3v) is 6.48. The zero-order valence-corrected chi connectivity index (χ0v) is 19.1. The van der Waals surface area contributed by atoms with Gasteiger partial charge in [-0.25, -0.2) is 4.79 Å². The number of nitrogens with one attached hydrogen (secondary N) is 1. The Kier molecular flexibility index (Phi) is 6.88. The molecule has 3 heterocycles. The van der Waals surface area contributed by atoms with Crippen LogP contribution in [0.1, 0.15) is 36.2 Å². The number of carboxylic acids is 1. The first kappa shape index (κ1) is 24.1. The molecular formula is C24H29F3N4O3. The lowest BCUT2D eigenvalue weighted by Crippen LogP contribution is -2.34. The van der Waals surface area contributed by atoms with Gasteiger partial charge in [0.25, 0.3) is 5.91 Å². The molecule has 1 aliphatic heterocycles. The van der Waals surface area contributed by atoms with Crippen LogP contribution < -0.4 is 5.32 Å².